The number of benzene rings is 1. The van der Waals surface area contributed by atoms with Gasteiger partial charge in [-0.15, -0.1) is 0 Å². The molecule has 1 aromatic carbocycles. The number of rotatable bonds is 3. The van der Waals surface area contributed by atoms with E-state index in [1.54, 1.807) is 9.80 Å². The molecule has 1 aliphatic heterocycles. The van der Waals surface area contributed by atoms with Gasteiger partial charge in [0.2, 0.25) is 5.91 Å². The summed E-state index contributed by atoms with van der Waals surface area (Å²) < 4.78 is 5.43. The highest BCUT2D eigenvalue weighted by molar-refractivity contribution is 9.10. The van der Waals surface area contributed by atoms with Crippen LogP contribution in [0.25, 0.3) is 0 Å². The van der Waals surface area contributed by atoms with E-state index in [4.69, 9.17) is 16.3 Å². The summed E-state index contributed by atoms with van der Waals surface area (Å²) in [4.78, 5) is 28.2. The van der Waals surface area contributed by atoms with Crippen LogP contribution in [-0.2, 0) is 16.0 Å². The van der Waals surface area contributed by atoms with E-state index < -0.39 is 5.60 Å². The predicted octanol–water partition coefficient (Wildman–Crippen LogP) is 4.12. The Morgan fingerprint density at radius 1 is 1.15 bits per heavy atom. The molecule has 0 aliphatic carbocycles. The van der Waals surface area contributed by atoms with E-state index in [0.717, 1.165) is 12.0 Å². The lowest BCUT2D eigenvalue weighted by Gasteiger charge is -2.27. The van der Waals surface area contributed by atoms with E-state index in [2.05, 4.69) is 15.9 Å². The van der Waals surface area contributed by atoms with Crippen molar-refractivity contribution < 1.29 is 14.3 Å². The molecule has 7 heteroatoms. The normalized spacial score (nSPS) is 16.8. The summed E-state index contributed by atoms with van der Waals surface area (Å²) in [6.07, 6.45) is 0.944. The number of amides is 2. The Labute approximate surface area is 168 Å². The molecule has 0 spiro atoms. The second-order valence-electron chi connectivity index (χ2n) is 7.41. The molecular weight excluding hydrogens is 420 g/mol. The lowest BCUT2D eigenvalue weighted by atomic mass is 10.1. The highest BCUT2D eigenvalue weighted by Crippen LogP contribution is 2.21. The molecule has 1 saturated heterocycles. The molecule has 1 heterocycles. The third-order valence-corrected chi connectivity index (χ3v) is 5.17. The van der Waals surface area contributed by atoms with Crippen LogP contribution in [0.2, 0.25) is 5.02 Å². The Morgan fingerprint density at radius 2 is 1.77 bits per heavy atom. The predicted molar refractivity (Wildman–Crippen MR) is 107 cm³/mol. The van der Waals surface area contributed by atoms with Crippen molar-refractivity contribution >= 4 is 39.5 Å². The van der Waals surface area contributed by atoms with E-state index in [0.29, 0.717) is 37.6 Å². The molecule has 2 rings (SSSR count). The van der Waals surface area contributed by atoms with Crippen LogP contribution in [0.3, 0.4) is 0 Å². The first-order valence-electron chi connectivity index (χ1n) is 8.81. The van der Waals surface area contributed by atoms with Gasteiger partial charge in [0.05, 0.1) is 4.83 Å². The van der Waals surface area contributed by atoms with E-state index in [1.807, 2.05) is 45.0 Å². The van der Waals surface area contributed by atoms with Crippen molar-refractivity contribution in [1.82, 2.24) is 9.80 Å². The first-order chi connectivity index (χ1) is 12.2. The topological polar surface area (TPSA) is 49.9 Å². The molecule has 1 unspecified atom stereocenters. The Morgan fingerprint density at radius 3 is 2.42 bits per heavy atom. The fourth-order valence-corrected chi connectivity index (χ4v) is 3.64. The second kappa shape index (κ2) is 9.09. The molecule has 26 heavy (non-hydrogen) atoms. The number of alkyl halides is 1. The number of ether oxygens (including phenoxy) is 1. The van der Waals surface area contributed by atoms with Gasteiger partial charge in [0.25, 0.3) is 0 Å². The molecule has 0 bridgehead atoms. The lowest BCUT2D eigenvalue weighted by Crippen LogP contribution is -2.42. The maximum atomic E-state index is 12.8. The van der Waals surface area contributed by atoms with Crippen LogP contribution in [-0.4, -0.2) is 58.4 Å². The fourth-order valence-electron chi connectivity index (χ4n) is 2.79. The van der Waals surface area contributed by atoms with Gasteiger partial charge in [-0.3, -0.25) is 4.79 Å². The van der Waals surface area contributed by atoms with Gasteiger partial charge in [0, 0.05) is 31.2 Å². The van der Waals surface area contributed by atoms with Gasteiger partial charge in [0.15, 0.2) is 0 Å². The smallest absolute Gasteiger partial charge is 0.410 e. The van der Waals surface area contributed by atoms with Crippen molar-refractivity contribution in [3.63, 3.8) is 0 Å². The molecule has 0 saturated carbocycles. The quantitative estimate of drug-likeness (QED) is 0.658. The molecule has 1 atom stereocenters. The van der Waals surface area contributed by atoms with Crippen LogP contribution < -0.4 is 0 Å². The standard InChI is InChI=1S/C19H26BrClN2O3/c1-19(2,3)26-18(25)23-10-6-9-22(11-12-23)17(24)15(20)13-14-7-4-5-8-16(14)21/h4-5,7-8,15H,6,9-13H2,1-3H3. The van der Waals surface area contributed by atoms with Crippen molar-refractivity contribution in [2.45, 2.75) is 44.0 Å². The van der Waals surface area contributed by atoms with Crippen LogP contribution in [0, 0.1) is 0 Å². The number of hydrogen-bond donors (Lipinski definition) is 0. The number of carbonyl (C=O) groups is 2. The minimum absolute atomic E-state index is 0.0240. The summed E-state index contributed by atoms with van der Waals surface area (Å²) in [5.41, 5.74) is 0.420. The average molecular weight is 446 g/mol. The van der Waals surface area contributed by atoms with E-state index in [9.17, 15) is 9.59 Å². The summed E-state index contributed by atoms with van der Waals surface area (Å²) in [5.74, 6) is 0.0240. The average Bonchev–Trinajstić information content (AvgIpc) is 2.80. The zero-order valence-electron chi connectivity index (χ0n) is 15.5. The fraction of sp³-hybridized carbons (Fsp3) is 0.579. The van der Waals surface area contributed by atoms with Crippen LogP contribution in [0.15, 0.2) is 24.3 Å². The Kier molecular flexibility index (Phi) is 7.35. The van der Waals surface area contributed by atoms with Gasteiger partial charge in [-0.1, -0.05) is 45.7 Å². The maximum Gasteiger partial charge on any atom is 0.410 e. The first kappa shape index (κ1) is 21.0. The van der Waals surface area contributed by atoms with Crippen molar-refractivity contribution in [2.75, 3.05) is 26.2 Å². The molecule has 0 radical (unpaired) electrons. The van der Waals surface area contributed by atoms with Crippen molar-refractivity contribution in [3.05, 3.63) is 34.9 Å². The number of nitrogens with zero attached hydrogens (tertiary/aromatic N) is 2. The second-order valence-corrected chi connectivity index (χ2v) is 8.92. The summed E-state index contributed by atoms with van der Waals surface area (Å²) in [6.45, 7) is 7.75. The Hall–Kier alpha value is -1.27. The molecule has 1 aliphatic rings. The molecular formula is C19H26BrClN2O3. The third-order valence-electron chi connectivity index (χ3n) is 4.08. The highest BCUT2D eigenvalue weighted by atomic mass is 79.9. The van der Waals surface area contributed by atoms with Gasteiger partial charge in [-0.2, -0.15) is 0 Å². The SMILES string of the molecule is CC(C)(C)OC(=O)N1CCCN(C(=O)C(Br)Cc2ccccc2Cl)CC1. The van der Waals surface area contributed by atoms with Gasteiger partial charge in [0.1, 0.15) is 5.60 Å². The van der Waals surface area contributed by atoms with Crippen LogP contribution in [0.4, 0.5) is 4.79 Å². The van der Waals surface area contributed by atoms with E-state index in [1.165, 1.54) is 0 Å². The Balaban J connectivity index is 1.92. The summed E-state index contributed by atoms with van der Waals surface area (Å²) in [7, 11) is 0. The van der Waals surface area contributed by atoms with Gasteiger partial charge >= 0.3 is 6.09 Å². The molecule has 5 nitrogen and oxygen atoms in total. The maximum absolute atomic E-state index is 12.8. The molecule has 0 aromatic heterocycles. The number of hydrogen-bond acceptors (Lipinski definition) is 3. The van der Waals surface area contributed by atoms with Gasteiger partial charge in [-0.05, 0) is 45.2 Å². The van der Waals surface area contributed by atoms with E-state index >= 15 is 0 Å². The zero-order valence-corrected chi connectivity index (χ0v) is 17.8. The van der Waals surface area contributed by atoms with Gasteiger partial charge in [-0.25, -0.2) is 4.79 Å². The molecule has 1 fully saturated rings. The number of carbonyl (C=O) groups excluding carboxylic acids is 2. The Bertz CT molecular complexity index is 648. The zero-order chi connectivity index (χ0) is 19.3. The summed E-state index contributed by atoms with van der Waals surface area (Å²) >= 11 is 9.69. The monoisotopic (exact) mass is 444 g/mol. The summed E-state index contributed by atoms with van der Waals surface area (Å²) in [5, 5.41) is 0.664. The molecule has 144 valence electrons. The third kappa shape index (κ3) is 6.16. The van der Waals surface area contributed by atoms with Crippen molar-refractivity contribution in [2.24, 2.45) is 0 Å². The van der Waals surface area contributed by atoms with Crippen molar-refractivity contribution in [1.29, 1.82) is 0 Å². The minimum Gasteiger partial charge on any atom is -0.444 e. The number of halogens is 2. The lowest BCUT2D eigenvalue weighted by molar-refractivity contribution is -0.130. The molecule has 1 aromatic rings. The molecule has 0 N–H and O–H groups in total. The van der Waals surface area contributed by atoms with Crippen LogP contribution in [0.5, 0.6) is 0 Å². The highest BCUT2D eigenvalue weighted by Gasteiger charge is 2.28. The minimum atomic E-state index is -0.519. The van der Waals surface area contributed by atoms with Gasteiger partial charge < -0.3 is 14.5 Å². The van der Waals surface area contributed by atoms with E-state index in [-0.39, 0.29) is 16.8 Å². The largest absolute Gasteiger partial charge is 0.444 e. The van der Waals surface area contributed by atoms with Crippen LogP contribution >= 0.6 is 27.5 Å². The first-order valence-corrected chi connectivity index (χ1v) is 10.1. The van der Waals surface area contributed by atoms with Crippen molar-refractivity contribution in [3.8, 4) is 0 Å². The summed E-state index contributed by atoms with van der Waals surface area (Å²) in [6, 6.07) is 7.54. The molecule has 2 amide bonds. The van der Waals surface area contributed by atoms with Crippen LogP contribution in [0.1, 0.15) is 32.8 Å².